The molecular weight excluding hydrogens is 285 g/mol. The molecule has 1 aliphatic carbocycles. The number of hydrogen-bond acceptors (Lipinski definition) is 2. The van der Waals surface area contributed by atoms with Crippen molar-refractivity contribution in [1.82, 2.24) is 5.32 Å². The minimum atomic E-state index is -0.905. The summed E-state index contributed by atoms with van der Waals surface area (Å²) in [7, 11) is 0. The molecule has 1 N–H and O–H groups in total. The fourth-order valence-electron chi connectivity index (χ4n) is 1.82. The maximum absolute atomic E-state index is 11.9. The predicted octanol–water partition coefficient (Wildman–Crippen LogP) is 3.16. The summed E-state index contributed by atoms with van der Waals surface area (Å²) in [6, 6.07) is 9.59. The van der Waals surface area contributed by atoms with Crippen molar-refractivity contribution in [2.45, 2.75) is 24.1 Å². The van der Waals surface area contributed by atoms with Gasteiger partial charge in [0.25, 0.3) is 0 Å². The van der Waals surface area contributed by atoms with Gasteiger partial charge in [0.2, 0.25) is 5.91 Å². The Labute approximate surface area is 123 Å². The van der Waals surface area contributed by atoms with Crippen molar-refractivity contribution < 1.29 is 9.53 Å². The first kappa shape index (κ1) is 14.5. The topological polar surface area (TPSA) is 38.3 Å². The van der Waals surface area contributed by atoms with Gasteiger partial charge >= 0.3 is 0 Å². The van der Waals surface area contributed by atoms with Crippen LogP contribution in [0.3, 0.4) is 0 Å². The lowest BCUT2D eigenvalue weighted by Gasteiger charge is -2.12. The molecule has 0 spiro atoms. The second kappa shape index (κ2) is 5.59. The molecule has 0 saturated heterocycles. The summed E-state index contributed by atoms with van der Waals surface area (Å²) >= 11 is 11.9. The van der Waals surface area contributed by atoms with E-state index in [2.05, 4.69) is 5.32 Å². The zero-order chi connectivity index (χ0) is 13.9. The smallest absolute Gasteiger partial charge is 0.229 e. The molecule has 1 aromatic rings. The average molecular weight is 302 g/mol. The summed E-state index contributed by atoms with van der Waals surface area (Å²) in [5, 5.41) is 2.84. The number of amides is 1. The van der Waals surface area contributed by atoms with Gasteiger partial charge in [-0.15, -0.1) is 23.2 Å². The summed E-state index contributed by atoms with van der Waals surface area (Å²) in [6.07, 6.45) is 1.25. The standard InChI is InChI=1S/C14H17Cl2NO2/c1-13(10-14(13,15)16)12(18)17-8-5-9-19-11-6-3-2-4-7-11/h2-4,6-7H,5,8-10H2,1H3,(H,17,18). The fourth-order valence-corrected chi connectivity index (χ4v) is 2.53. The van der Waals surface area contributed by atoms with E-state index in [4.69, 9.17) is 27.9 Å². The number of para-hydroxylation sites is 1. The Balaban J connectivity index is 1.62. The lowest BCUT2D eigenvalue weighted by Crippen LogP contribution is -2.34. The van der Waals surface area contributed by atoms with Crippen LogP contribution in [-0.2, 0) is 4.79 Å². The number of ether oxygens (including phenoxy) is 1. The van der Waals surface area contributed by atoms with E-state index < -0.39 is 9.75 Å². The number of hydrogen-bond donors (Lipinski definition) is 1. The second-order valence-electron chi connectivity index (χ2n) is 4.98. The summed E-state index contributed by atoms with van der Waals surface area (Å²) in [4.78, 5) is 11.9. The van der Waals surface area contributed by atoms with Gasteiger partial charge in [-0.1, -0.05) is 18.2 Å². The van der Waals surface area contributed by atoms with Crippen LogP contribution >= 0.6 is 23.2 Å². The minimum absolute atomic E-state index is 0.0859. The van der Waals surface area contributed by atoms with Crippen LogP contribution in [0.5, 0.6) is 5.75 Å². The largest absolute Gasteiger partial charge is 0.494 e. The number of nitrogens with one attached hydrogen (secondary N) is 1. The van der Waals surface area contributed by atoms with Gasteiger partial charge in [-0.05, 0) is 31.9 Å². The van der Waals surface area contributed by atoms with Gasteiger partial charge in [0, 0.05) is 6.54 Å². The normalized spacial score (nSPS) is 23.7. The molecule has 0 bridgehead atoms. The van der Waals surface area contributed by atoms with Crippen molar-refractivity contribution in [1.29, 1.82) is 0 Å². The maximum Gasteiger partial charge on any atom is 0.229 e. The molecule has 1 unspecified atom stereocenters. The minimum Gasteiger partial charge on any atom is -0.494 e. The van der Waals surface area contributed by atoms with Crippen LogP contribution in [-0.4, -0.2) is 23.4 Å². The number of halogens is 2. The SMILES string of the molecule is CC1(C(=O)NCCCOc2ccccc2)CC1(Cl)Cl. The van der Waals surface area contributed by atoms with Crippen LogP contribution in [0.25, 0.3) is 0 Å². The second-order valence-corrected chi connectivity index (χ2v) is 6.47. The molecule has 0 heterocycles. The lowest BCUT2D eigenvalue weighted by molar-refractivity contribution is -0.125. The molecule has 1 atom stereocenters. The molecule has 0 radical (unpaired) electrons. The molecule has 0 aliphatic heterocycles. The van der Waals surface area contributed by atoms with Crippen molar-refractivity contribution in [2.24, 2.45) is 5.41 Å². The monoisotopic (exact) mass is 301 g/mol. The first-order chi connectivity index (χ1) is 8.96. The van der Waals surface area contributed by atoms with E-state index in [1.165, 1.54) is 0 Å². The van der Waals surface area contributed by atoms with Crippen molar-refractivity contribution in [3.05, 3.63) is 30.3 Å². The highest BCUT2D eigenvalue weighted by molar-refractivity contribution is 6.53. The van der Waals surface area contributed by atoms with Crippen LogP contribution in [0.2, 0.25) is 0 Å². The third-order valence-electron chi connectivity index (χ3n) is 3.38. The van der Waals surface area contributed by atoms with Gasteiger partial charge in [-0.25, -0.2) is 0 Å². The quantitative estimate of drug-likeness (QED) is 0.647. The Hall–Kier alpha value is -0.930. The van der Waals surface area contributed by atoms with Gasteiger partial charge in [-0.2, -0.15) is 0 Å². The molecule has 1 aromatic carbocycles. The molecular formula is C14H17Cl2NO2. The van der Waals surface area contributed by atoms with Gasteiger partial charge < -0.3 is 10.1 Å². The molecule has 1 saturated carbocycles. The molecule has 1 amide bonds. The van der Waals surface area contributed by atoms with Crippen LogP contribution in [0, 0.1) is 5.41 Å². The van der Waals surface area contributed by atoms with Crippen molar-refractivity contribution in [2.75, 3.05) is 13.2 Å². The molecule has 1 fully saturated rings. The number of carbonyl (C=O) groups excluding carboxylic acids is 1. The maximum atomic E-state index is 11.9. The Morgan fingerprint density at radius 2 is 2.00 bits per heavy atom. The number of rotatable bonds is 6. The van der Waals surface area contributed by atoms with Gasteiger partial charge in [0.1, 0.15) is 10.1 Å². The predicted molar refractivity (Wildman–Crippen MR) is 76.7 cm³/mol. The van der Waals surface area contributed by atoms with E-state index in [-0.39, 0.29) is 5.91 Å². The van der Waals surface area contributed by atoms with Crippen molar-refractivity contribution in [3.8, 4) is 5.75 Å². The van der Waals surface area contributed by atoms with E-state index >= 15 is 0 Å². The van der Waals surface area contributed by atoms with Crippen LogP contribution in [0.15, 0.2) is 30.3 Å². The highest BCUT2D eigenvalue weighted by Gasteiger charge is 2.67. The molecule has 3 nitrogen and oxygen atoms in total. The third kappa shape index (κ3) is 3.34. The molecule has 2 rings (SSSR count). The van der Waals surface area contributed by atoms with Gasteiger partial charge in [-0.3, -0.25) is 4.79 Å². The van der Waals surface area contributed by atoms with Crippen molar-refractivity contribution in [3.63, 3.8) is 0 Å². The first-order valence-corrected chi connectivity index (χ1v) is 7.05. The summed E-state index contributed by atoms with van der Waals surface area (Å²) in [5.41, 5.74) is -0.642. The Kier molecular flexibility index (Phi) is 4.26. The summed E-state index contributed by atoms with van der Waals surface area (Å²) in [5.74, 6) is 0.751. The van der Waals surface area contributed by atoms with E-state index in [0.717, 1.165) is 12.2 Å². The zero-order valence-electron chi connectivity index (χ0n) is 10.8. The molecule has 5 heteroatoms. The Morgan fingerprint density at radius 1 is 1.37 bits per heavy atom. The highest BCUT2D eigenvalue weighted by Crippen LogP contribution is 2.63. The molecule has 104 valence electrons. The van der Waals surface area contributed by atoms with E-state index in [1.54, 1.807) is 6.92 Å². The average Bonchev–Trinajstić information content (AvgIpc) is 2.90. The van der Waals surface area contributed by atoms with Gasteiger partial charge in [0.15, 0.2) is 0 Å². The van der Waals surface area contributed by atoms with Crippen LogP contribution in [0.1, 0.15) is 19.8 Å². The van der Waals surface area contributed by atoms with E-state index in [9.17, 15) is 4.79 Å². The summed E-state index contributed by atoms with van der Waals surface area (Å²) in [6.45, 7) is 2.90. The molecule has 19 heavy (non-hydrogen) atoms. The number of benzene rings is 1. The number of carbonyl (C=O) groups is 1. The van der Waals surface area contributed by atoms with E-state index in [1.807, 2.05) is 30.3 Å². The van der Waals surface area contributed by atoms with Gasteiger partial charge in [0.05, 0.1) is 12.0 Å². The molecule has 1 aliphatic rings. The highest BCUT2D eigenvalue weighted by atomic mass is 35.5. The molecule has 0 aromatic heterocycles. The van der Waals surface area contributed by atoms with Crippen LogP contribution < -0.4 is 10.1 Å². The zero-order valence-corrected chi connectivity index (χ0v) is 12.3. The number of alkyl halides is 2. The Bertz CT molecular complexity index is 450. The van der Waals surface area contributed by atoms with E-state index in [0.29, 0.717) is 19.6 Å². The lowest BCUT2D eigenvalue weighted by atomic mass is 10.1. The third-order valence-corrected chi connectivity index (χ3v) is 4.48. The van der Waals surface area contributed by atoms with Crippen LogP contribution in [0.4, 0.5) is 0 Å². The van der Waals surface area contributed by atoms with Crippen molar-refractivity contribution >= 4 is 29.1 Å². The first-order valence-electron chi connectivity index (χ1n) is 6.30. The fraction of sp³-hybridized carbons (Fsp3) is 0.500. The summed E-state index contributed by atoms with van der Waals surface area (Å²) < 4.78 is 4.62. The Morgan fingerprint density at radius 3 is 2.58 bits per heavy atom.